The summed E-state index contributed by atoms with van der Waals surface area (Å²) in [6.07, 6.45) is 0.273. The van der Waals surface area contributed by atoms with E-state index < -0.39 is 28.0 Å². The van der Waals surface area contributed by atoms with Crippen LogP contribution in [0.4, 0.5) is 0 Å². The first kappa shape index (κ1) is 25.1. The SMILES string of the molecule is CCOC[C@@H](C(=O)N1CCOCC1)N1CC[C@H](NS(=O)(=O)/C=C(\C)c2ccc(Cl)s2)C1=O. The number of allylic oxidation sites excluding steroid dienone is 1. The molecule has 2 aliphatic heterocycles. The summed E-state index contributed by atoms with van der Waals surface area (Å²) in [5.41, 5.74) is 0.522. The zero-order chi connectivity index (χ0) is 23.3. The molecular weight excluding hydrogens is 478 g/mol. The molecule has 0 saturated carbocycles. The number of carbonyl (C=O) groups excluding carboxylic acids is 2. The molecule has 0 aromatic carbocycles. The van der Waals surface area contributed by atoms with Crippen LogP contribution < -0.4 is 4.72 Å². The number of carbonyl (C=O) groups is 2. The molecule has 0 radical (unpaired) electrons. The predicted molar refractivity (Wildman–Crippen MR) is 123 cm³/mol. The van der Waals surface area contributed by atoms with E-state index in [1.54, 1.807) is 24.0 Å². The first-order valence-electron chi connectivity index (χ1n) is 10.4. The van der Waals surface area contributed by atoms with Gasteiger partial charge < -0.3 is 19.3 Å². The van der Waals surface area contributed by atoms with Gasteiger partial charge in [0.2, 0.25) is 21.8 Å². The van der Waals surface area contributed by atoms with Gasteiger partial charge in [-0.05, 0) is 38.0 Å². The first-order valence-corrected chi connectivity index (χ1v) is 13.2. The molecule has 2 fully saturated rings. The first-order chi connectivity index (χ1) is 15.2. The number of thiophene rings is 1. The van der Waals surface area contributed by atoms with Gasteiger partial charge in [0, 0.05) is 31.1 Å². The fourth-order valence-electron chi connectivity index (χ4n) is 3.69. The second-order valence-electron chi connectivity index (χ2n) is 7.55. The second-order valence-corrected chi connectivity index (χ2v) is 10.8. The zero-order valence-electron chi connectivity index (χ0n) is 18.1. The van der Waals surface area contributed by atoms with Gasteiger partial charge in [-0.15, -0.1) is 11.3 Å². The van der Waals surface area contributed by atoms with Gasteiger partial charge in [-0.2, -0.15) is 4.72 Å². The largest absolute Gasteiger partial charge is 0.379 e. The van der Waals surface area contributed by atoms with Crippen LogP contribution in [0.2, 0.25) is 4.34 Å². The molecule has 0 bridgehead atoms. The summed E-state index contributed by atoms with van der Waals surface area (Å²) in [5, 5.41) is 1.10. The Kier molecular flexibility index (Phi) is 8.70. The lowest BCUT2D eigenvalue weighted by Gasteiger charge is -2.34. The smallest absolute Gasteiger partial charge is 0.247 e. The highest BCUT2D eigenvalue weighted by Gasteiger charge is 2.41. The van der Waals surface area contributed by atoms with Gasteiger partial charge in [0.25, 0.3) is 0 Å². The summed E-state index contributed by atoms with van der Waals surface area (Å²) in [4.78, 5) is 29.9. The molecule has 178 valence electrons. The third kappa shape index (κ3) is 6.30. The number of nitrogens with zero attached hydrogens (tertiary/aromatic N) is 2. The van der Waals surface area contributed by atoms with Crippen molar-refractivity contribution in [1.29, 1.82) is 0 Å². The maximum absolute atomic E-state index is 13.1. The molecule has 1 aromatic rings. The third-order valence-corrected chi connectivity index (χ3v) is 7.95. The molecule has 12 heteroatoms. The van der Waals surface area contributed by atoms with E-state index in [0.29, 0.717) is 42.8 Å². The molecule has 3 heterocycles. The normalized spacial score (nSPS) is 21.3. The number of ether oxygens (including phenoxy) is 2. The molecule has 2 saturated heterocycles. The number of hydrogen-bond donors (Lipinski definition) is 1. The summed E-state index contributed by atoms with van der Waals surface area (Å²) in [6.45, 7) is 6.03. The highest BCUT2D eigenvalue weighted by Crippen LogP contribution is 2.28. The van der Waals surface area contributed by atoms with E-state index in [-0.39, 0.29) is 25.5 Å². The van der Waals surface area contributed by atoms with Crippen molar-refractivity contribution >= 4 is 50.3 Å². The number of morpholine rings is 1. The number of halogens is 1. The number of sulfonamides is 1. The van der Waals surface area contributed by atoms with Gasteiger partial charge in [-0.1, -0.05) is 11.6 Å². The average Bonchev–Trinajstić information content (AvgIpc) is 3.35. The number of amides is 2. The highest BCUT2D eigenvalue weighted by atomic mass is 35.5. The molecule has 0 spiro atoms. The van der Waals surface area contributed by atoms with Crippen molar-refractivity contribution in [3.63, 3.8) is 0 Å². The van der Waals surface area contributed by atoms with E-state index in [1.807, 2.05) is 6.92 Å². The number of nitrogens with one attached hydrogen (secondary N) is 1. The van der Waals surface area contributed by atoms with E-state index in [0.717, 1.165) is 10.3 Å². The van der Waals surface area contributed by atoms with Crippen LogP contribution in [-0.2, 0) is 29.1 Å². The molecule has 1 N–H and O–H groups in total. The Hall–Kier alpha value is -1.50. The average molecular weight is 506 g/mol. The Morgan fingerprint density at radius 2 is 2.09 bits per heavy atom. The summed E-state index contributed by atoms with van der Waals surface area (Å²) >= 11 is 7.20. The van der Waals surface area contributed by atoms with Crippen LogP contribution in [0, 0.1) is 0 Å². The monoisotopic (exact) mass is 505 g/mol. The highest BCUT2D eigenvalue weighted by molar-refractivity contribution is 7.92. The molecule has 2 aliphatic rings. The number of hydrogen-bond acceptors (Lipinski definition) is 7. The van der Waals surface area contributed by atoms with E-state index in [2.05, 4.69) is 4.72 Å². The van der Waals surface area contributed by atoms with Gasteiger partial charge in [-0.3, -0.25) is 9.59 Å². The van der Waals surface area contributed by atoms with Gasteiger partial charge in [0.15, 0.2) is 0 Å². The Bertz CT molecular complexity index is 958. The summed E-state index contributed by atoms with van der Waals surface area (Å²) in [5.74, 6) is -0.631. The molecule has 9 nitrogen and oxygen atoms in total. The lowest BCUT2D eigenvalue weighted by atomic mass is 10.2. The molecule has 32 heavy (non-hydrogen) atoms. The lowest BCUT2D eigenvalue weighted by Crippen LogP contribution is -2.55. The molecule has 0 unspecified atom stereocenters. The lowest BCUT2D eigenvalue weighted by molar-refractivity contribution is -0.149. The number of likely N-dealkylation sites (tertiary alicyclic amines) is 1. The van der Waals surface area contributed by atoms with Crippen LogP contribution >= 0.6 is 22.9 Å². The maximum atomic E-state index is 13.1. The van der Waals surface area contributed by atoms with Crippen molar-refractivity contribution in [3.8, 4) is 0 Å². The Labute approximate surface area is 197 Å². The molecular formula is C20H28ClN3O6S2. The minimum absolute atomic E-state index is 0.0655. The Balaban J connectivity index is 1.70. The summed E-state index contributed by atoms with van der Waals surface area (Å²) in [6, 6.07) is 1.71. The van der Waals surface area contributed by atoms with Crippen molar-refractivity contribution < 1.29 is 27.5 Å². The predicted octanol–water partition coefficient (Wildman–Crippen LogP) is 1.55. The van der Waals surface area contributed by atoms with Crippen LogP contribution in [0.1, 0.15) is 25.1 Å². The second kappa shape index (κ2) is 11.1. The molecule has 3 rings (SSSR count). The zero-order valence-corrected chi connectivity index (χ0v) is 20.5. The van der Waals surface area contributed by atoms with Crippen LogP contribution in [0.15, 0.2) is 17.5 Å². The van der Waals surface area contributed by atoms with E-state index in [9.17, 15) is 18.0 Å². The molecule has 1 aromatic heterocycles. The van der Waals surface area contributed by atoms with Gasteiger partial charge in [0.05, 0.1) is 29.6 Å². The van der Waals surface area contributed by atoms with Crippen LogP contribution in [0.25, 0.3) is 5.57 Å². The summed E-state index contributed by atoms with van der Waals surface area (Å²) < 4.78 is 39.1. The van der Waals surface area contributed by atoms with E-state index >= 15 is 0 Å². The maximum Gasteiger partial charge on any atom is 0.247 e. The van der Waals surface area contributed by atoms with Crippen molar-refractivity contribution in [2.45, 2.75) is 32.4 Å². The molecule has 2 atom stereocenters. The van der Waals surface area contributed by atoms with Crippen LogP contribution in [0.3, 0.4) is 0 Å². The standard InChI is InChI=1S/C20H28ClN3O6S2/c1-3-29-12-16(20(26)23-8-10-30-11-9-23)24-7-6-15(19(24)25)22-32(27,28)13-14(2)17-4-5-18(21)31-17/h4-5,13,15-16,22H,3,6-12H2,1-2H3/b14-13+/t15-,16-/m0/s1. The topological polar surface area (TPSA) is 105 Å². The minimum Gasteiger partial charge on any atom is -0.379 e. The van der Waals surface area contributed by atoms with Crippen molar-refractivity contribution in [1.82, 2.24) is 14.5 Å². The van der Waals surface area contributed by atoms with Crippen LogP contribution in [0.5, 0.6) is 0 Å². The third-order valence-electron chi connectivity index (χ3n) is 5.30. The Morgan fingerprint density at radius 1 is 1.38 bits per heavy atom. The van der Waals surface area contributed by atoms with Gasteiger partial charge in [0.1, 0.15) is 12.1 Å². The molecule has 0 aliphatic carbocycles. The number of rotatable bonds is 9. The van der Waals surface area contributed by atoms with E-state index in [1.165, 1.54) is 16.2 Å². The van der Waals surface area contributed by atoms with Gasteiger partial charge in [-0.25, -0.2) is 8.42 Å². The van der Waals surface area contributed by atoms with E-state index in [4.69, 9.17) is 21.1 Å². The summed E-state index contributed by atoms with van der Waals surface area (Å²) in [7, 11) is -3.88. The Morgan fingerprint density at radius 3 is 2.72 bits per heavy atom. The fourth-order valence-corrected chi connectivity index (χ4v) is 6.05. The van der Waals surface area contributed by atoms with Crippen molar-refractivity contribution in [2.75, 3.05) is 46.1 Å². The quantitative estimate of drug-likeness (QED) is 0.546. The van der Waals surface area contributed by atoms with Crippen molar-refractivity contribution in [2.24, 2.45) is 0 Å². The van der Waals surface area contributed by atoms with Gasteiger partial charge >= 0.3 is 0 Å². The fraction of sp³-hybridized carbons (Fsp3) is 0.600. The minimum atomic E-state index is -3.88. The van der Waals surface area contributed by atoms with Crippen molar-refractivity contribution in [3.05, 3.63) is 26.8 Å². The molecule has 2 amide bonds. The van der Waals surface area contributed by atoms with Crippen LogP contribution in [-0.4, -0.2) is 88.2 Å².